The van der Waals surface area contributed by atoms with Gasteiger partial charge in [-0.05, 0) is 44.4 Å². The predicted molar refractivity (Wildman–Crippen MR) is 95.9 cm³/mol. The molecule has 0 aliphatic heterocycles. The lowest BCUT2D eigenvalue weighted by Gasteiger charge is -2.12. The van der Waals surface area contributed by atoms with Gasteiger partial charge in [-0.15, -0.1) is 11.3 Å². The van der Waals surface area contributed by atoms with Gasteiger partial charge in [-0.3, -0.25) is 4.99 Å². The molecule has 4 nitrogen and oxygen atoms in total. The summed E-state index contributed by atoms with van der Waals surface area (Å²) in [4.78, 5) is 10.6. The fraction of sp³-hybridized carbons (Fsp3) is 0.765. The zero-order valence-corrected chi connectivity index (χ0v) is 15.1. The topological polar surface area (TPSA) is 49.3 Å². The highest BCUT2D eigenvalue weighted by Crippen LogP contribution is 2.27. The molecule has 1 aromatic heterocycles. The summed E-state index contributed by atoms with van der Waals surface area (Å²) < 4.78 is 0. The molecule has 0 radical (unpaired) electrons. The van der Waals surface area contributed by atoms with Gasteiger partial charge in [0.15, 0.2) is 5.96 Å². The number of aromatic nitrogens is 1. The number of fused-ring (bicyclic) bond motifs is 1. The SMILES string of the molecule is CN=C(NCCCc1nc2c(s1)CCCC2)NCCC(C)C. The Morgan fingerprint density at radius 1 is 1.23 bits per heavy atom. The summed E-state index contributed by atoms with van der Waals surface area (Å²) in [6.45, 7) is 6.42. The summed E-state index contributed by atoms with van der Waals surface area (Å²) >= 11 is 1.93. The first kappa shape index (κ1) is 17.3. The summed E-state index contributed by atoms with van der Waals surface area (Å²) in [7, 11) is 1.83. The van der Waals surface area contributed by atoms with E-state index >= 15 is 0 Å². The quantitative estimate of drug-likeness (QED) is 0.460. The summed E-state index contributed by atoms with van der Waals surface area (Å²) in [5.74, 6) is 1.64. The molecule has 0 bridgehead atoms. The van der Waals surface area contributed by atoms with Crippen LogP contribution in [0.3, 0.4) is 0 Å². The van der Waals surface area contributed by atoms with Crippen LogP contribution in [0, 0.1) is 5.92 Å². The number of aliphatic imine (C=N–C) groups is 1. The number of guanidine groups is 1. The Morgan fingerprint density at radius 3 is 2.73 bits per heavy atom. The second kappa shape index (κ2) is 9.13. The van der Waals surface area contributed by atoms with Crippen LogP contribution in [0.4, 0.5) is 0 Å². The van der Waals surface area contributed by atoms with E-state index in [1.54, 1.807) is 4.88 Å². The largest absolute Gasteiger partial charge is 0.356 e. The average Bonchev–Trinajstić information content (AvgIpc) is 2.92. The van der Waals surface area contributed by atoms with Crippen molar-refractivity contribution in [1.82, 2.24) is 15.6 Å². The van der Waals surface area contributed by atoms with E-state index in [0.717, 1.165) is 37.8 Å². The fourth-order valence-electron chi connectivity index (χ4n) is 2.66. The summed E-state index contributed by atoms with van der Waals surface area (Å²) in [5.41, 5.74) is 1.38. The van der Waals surface area contributed by atoms with Crippen LogP contribution in [0.15, 0.2) is 4.99 Å². The van der Waals surface area contributed by atoms with Crippen molar-refractivity contribution in [2.45, 2.75) is 58.8 Å². The van der Waals surface area contributed by atoms with Crippen molar-refractivity contribution >= 4 is 17.3 Å². The van der Waals surface area contributed by atoms with Crippen LogP contribution in [0.5, 0.6) is 0 Å². The van der Waals surface area contributed by atoms with Crippen LogP contribution in [0.25, 0.3) is 0 Å². The van der Waals surface area contributed by atoms with Gasteiger partial charge in [0.25, 0.3) is 0 Å². The molecule has 0 fully saturated rings. The molecule has 1 aromatic rings. The Labute approximate surface area is 138 Å². The van der Waals surface area contributed by atoms with Gasteiger partial charge in [-0.25, -0.2) is 4.98 Å². The van der Waals surface area contributed by atoms with Crippen molar-refractivity contribution in [3.63, 3.8) is 0 Å². The van der Waals surface area contributed by atoms with Gasteiger partial charge >= 0.3 is 0 Å². The number of thiazole rings is 1. The minimum atomic E-state index is 0.724. The van der Waals surface area contributed by atoms with Crippen molar-refractivity contribution in [3.05, 3.63) is 15.6 Å². The zero-order valence-electron chi connectivity index (χ0n) is 14.2. The second-order valence-electron chi connectivity index (χ2n) is 6.40. The third kappa shape index (κ3) is 5.59. The number of nitrogens with one attached hydrogen (secondary N) is 2. The average molecular weight is 323 g/mol. The predicted octanol–water partition coefficient (Wildman–Crippen LogP) is 3.17. The Bertz CT molecular complexity index is 456. The molecule has 1 aliphatic rings. The highest BCUT2D eigenvalue weighted by atomic mass is 32.1. The molecule has 0 aromatic carbocycles. The van der Waals surface area contributed by atoms with Crippen molar-refractivity contribution in [2.24, 2.45) is 10.9 Å². The molecule has 2 rings (SSSR count). The lowest BCUT2D eigenvalue weighted by atomic mass is 10.0. The molecule has 0 saturated carbocycles. The van der Waals surface area contributed by atoms with Gasteiger partial charge in [-0.2, -0.15) is 0 Å². The van der Waals surface area contributed by atoms with E-state index in [9.17, 15) is 0 Å². The van der Waals surface area contributed by atoms with E-state index in [1.165, 1.54) is 42.8 Å². The highest BCUT2D eigenvalue weighted by molar-refractivity contribution is 7.11. The maximum absolute atomic E-state index is 4.80. The first-order valence-corrected chi connectivity index (χ1v) is 9.42. The maximum atomic E-state index is 4.80. The molecule has 1 heterocycles. The second-order valence-corrected chi connectivity index (χ2v) is 7.56. The van der Waals surface area contributed by atoms with Crippen LogP contribution >= 0.6 is 11.3 Å². The van der Waals surface area contributed by atoms with Crippen molar-refractivity contribution in [3.8, 4) is 0 Å². The standard InChI is InChI=1S/C17H30N4S/c1-13(2)10-12-20-17(18-3)19-11-6-9-16-21-14-7-4-5-8-15(14)22-16/h13H,4-12H2,1-3H3,(H2,18,19,20). The van der Waals surface area contributed by atoms with Gasteiger partial charge in [0.2, 0.25) is 0 Å². The smallest absolute Gasteiger partial charge is 0.190 e. The Kier molecular flexibility index (Phi) is 7.16. The number of nitrogens with zero attached hydrogens (tertiary/aromatic N) is 2. The van der Waals surface area contributed by atoms with E-state index in [-0.39, 0.29) is 0 Å². The highest BCUT2D eigenvalue weighted by Gasteiger charge is 2.14. The van der Waals surface area contributed by atoms with Crippen molar-refractivity contribution < 1.29 is 0 Å². The molecular formula is C17H30N4S. The lowest BCUT2D eigenvalue weighted by Crippen LogP contribution is -2.38. The van der Waals surface area contributed by atoms with Crippen molar-refractivity contribution in [2.75, 3.05) is 20.1 Å². The Hall–Kier alpha value is -1.10. The number of aryl methyl sites for hydroxylation is 3. The molecule has 22 heavy (non-hydrogen) atoms. The summed E-state index contributed by atoms with van der Waals surface area (Å²) in [6.07, 6.45) is 8.45. The Balaban J connectivity index is 1.64. The van der Waals surface area contributed by atoms with Crippen molar-refractivity contribution in [1.29, 1.82) is 0 Å². The maximum Gasteiger partial charge on any atom is 0.190 e. The monoisotopic (exact) mass is 322 g/mol. The van der Waals surface area contributed by atoms with Gasteiger partial charge in [0, 0.05) is 31.4 Å². The van der Waals surface area contributed by atoms with Gasteiger partial charge in [0.1, 0.15) is 0 Å². The molecule has 5 heteroatoms. The minimum Gasteiger partial charge on any atom is -0.356 e. The Morgan fingerprint density at radius 2 is 2.00 bits per heavy atom. The number of rotatable bonds is 7. The van der Waals surface area contributed by atoms with Gasteiger partial charge in [0.05, 0.1) is 10.7 Å². The lowest BCUT2D eigenvalue weighted by molar-refractivity contribution is 0.573. The molecule has 0 atom stereocenters. The van der Waals surface area contributed by atoms with E-state index in [1.807, 2.05) is 18.4 Å². The normalized spacial score (nSPS) is 15.0. The number of hydrogen-bond donors (Lipinski definition) is 2. The molecule has 2 N–H and O–H groups in total. The molecule has 0 amide bonds. The summed E-state index contributed by atoms with van der Waals surface area (Å²) in [6, 6.07) is 0. The van der Waals surface area contributed by atoms with E-state index in [4.69, 9.17) is 4.98 Å². The third-order valence-corrected chi connectivity index (χ3v) is 5.20. The van der Waals surface area contributed by atoms with Crippen LogP contribution in [0.2, 0.25) is 0 Å². The van der Waals surface area contributed by atoms with Crippen LogP contribution < -0.4 is 10.6 Å². The number of hydrogen-bond acceptors (Lipinski definition) is 3. The molecule has 0 saturated heterocycles. The molecule has 124 valence electrons. The third-order valence-electron chi connectivity index (χ3n) is 3.99. The van der Waals surface area contributed by atoms with Crippen LogP contribution in [0.1, 0.15) is 55.1 Å². The van der Waals surface area contributed by atoms with Crippen LogP contribution in [-0.2, 0) is 19.3 Å². The van der Waals surface area contributed by atoms with E-state index in [0.29, 0.717) is 0 Å². The fourth-order valence-corrected chi connectivity index (χ4v) is 3.86. The van der Waals surface area contributed by atoms with E-state index < -0.39 is 0 Å². The molecule has 1 aliphatic carbocycles. The first-order chi connectivity index (χ1) is 10.7. The minimum absolute atomic E-state index is 0.724. The van der Waals surface area contributed by atoms with Crippen LogP contribution in [-0.4, -0.2) is 31.1 Å². The first-order valence-electron chi connectivity index (χ1n) is 8.61. The molecule has 0 spiro atoms. The zero-order chi connectivity index (χ0) is 15.8. The van der Waals surface area contributed by atoms with E-state index in [2.05, 4.69) is 29.5 Å². The van der Waals surface area contributed by atoms with Gasteiger partial charge < -0.3 is 10.6 Å². The summed E-state index contributed by atoms with van der Waals surface area (Å²) in [5, 5.41) is 8.07. The molecule has 0 unspecified atom stereocenters. The molecular weight excluding hydrogens is 292 g/mol. The van der Waals surface area contributed by atoms with Gasteiger partial charge in [-0.1, -0.05) is 13.8 Å².